The average Bonchev–Trinajstić information content (AvgIpc) is 3.17. The third-order valence-electron chi connectivity index (χ3n) is 5.34. The van der Waals surface area contributed by atoms with Crippen molar-refractivity contribution in [2.24, 2.45) is 0 Å². The van der Waals surface area contributed by atoms with E-state index in [1.165, 1.54) is 34.8 Å². The number of carbonyl (C=O) groups is 1. The normalized spacial score (nSPS) is 15.5. The van der Waals surface area contributed by atoms with Crippen LogP contribution in [0.2, 0.25) is 0 Å². The quantitative estimate of drug-likeness (QED) is 0.616. The second-order valence-electron chi connectivity index (χ2n) is 7.35. The molecule has 1 fully saturated rings. The molecular formula is C21H22FN3O3S2. The molecule has 0 N–H and O–H groups in total. The van der Waals surface area contributed by atoms with Gasteiger partial charge in [-0.3, -0.25) is 9.10 Å². The maximum Gasteiger partial charge on any atom is 0.264 e. The Morgan fingerprint density at radius 2 is 1.70 bits per heavy atom. The van der Waals surface area contributed by atoms with E-state index in [0.29, 0.717) is 23.7 Å². The number of thiophene rings is 1. The van der Waals surface area contributed by atoms with Gasteiger partial charge in [-0.05, 0) is 61.0 Å². The molecule has 4 rings (SSSR count). The zero-order chi connectivity index (χ0) is 21.5. The van der Waals surface area contributed by atoms with Crippen LogP contribution in [0.4, 0.5) is 10.1 Å². The van der Waals surface area contributed by atoms with Gasteiger partial charge in [0.15, 0.2) is 0 Å². The summed E-state index contributed by atoms with van der Waals surface area (Å²) in [5.74, 6) is -0.480. The van der Waals surface area contributed by atoms with Crippen LogP contribution in [0.1, 0.15) is 9.67 Å². The van der Waals surface area contributed by atoms with E-state index in [1.807, 2.05) is 24.1 Å². The second kappa shape index (κ2) is 7.98. The van der Waals surface area contributed by atoms with Gasteiger partial charge in [0.1, 0.15) is 5.82 Å². The number of benzene rings is 2. The summed E-state index contributed by atoms with van der Waals surface area (Å²) in [5, 5.41) is 0.816. The maximum atomic E-state index is 13.2. The molecule has 0 spiro atoms. The first kappa shape index (κ1) is 20.8. The minimum atomic E-state index is -3.82. The topological polar surface area (TPSA) is 60.9 Å². The van der Waals surface area contributed by atoms with Crippen LogP contribution in [0.25, 0.3) is 10.1 Å². The highest BCUT2D eigenvalue weighted by molar-refractivity contribution is 7.92. The fraction of sp³-hybridized carbons (Fsp3) is 0.286. The van der Waals surface area contributed by atoms with Gasteiger partial charge < -0.3 is 9.80 Å². The second-order valence-corrected chi connectivity index (χ2v) is 10.4. The molecule has 0 saturated carbocycles. The summed E-state index contributed by atoms with van der Waals surface area (Å²) in [6, 6.07) is 11.9. The van der Waals surface area contributed by atoms with E-state index < -0.39 is 15.8 Å². The zero-order valence-corrected chi connectivity index (χ0v) is 18.3. The van der Waals surface area contributed by atoms with Crippen LogP contribution in [-0.4, -0.2) is 64.4 Å². The fourth-order valence-electron chi connectivity index (χ4n) is 3.40. The van der Waals surface area contributed by atoms with Gasteiger partial charge in [0.05, 0.1) is 15.5 Å². The lowest BCUT2D eigenvalue weighted by Crippen LogP contribution is -2.46. The summed E-state index contributed by atoms with van der Waals surface area (Å²) in [6.45, 7) is 3.11. The lowest BCUT2D eigenvalue weighted by atomic mass is 10.2. The van der Waals surface area contributed by atoms with E-state index >= 15 is 0 Å². The molecule has 1 saturated heterocycles. The zero-order valence-electron chi connectivity index (χ0n) is 16.7. The van der Waals surface area contributed by atoms with Crippen molar-refractivity contribution >= 4 is 43.0 Å². The van der Waals surface area contributed by atoms with E-state index in [-0.39, 0.29) is 10.8 Å². The minimum Gasteiger partial charge on any atom is -0.335 e. The molecule has 9 heteroatoms. The van der Waals surface area contributed by atoms with Gasteiger partial charge >= 0.3 is 0 Å². The Morgan fingerprint density at radius 1 is 1.03 bits per heavy atom. The number of rotatable bonds is 4. The summed E-state index contributed by atoms with van der Waals surface area (Å²) in [7, 11) is -0.317. The Balaban J connectivity index is 1.60. The number of sulfonamides is 1. The highest BCUT2D eigenvalue weighted by atomic mass is 32.2. The third kappa shape index (κ3) is 3.92. The van der Waals surface area contributed by atoms with Gasteiger partial charge in [0.25, 0.3) is 15.9 Å². The predicted octanol–water partition coefficient (Wildman–Crippen LogP) is 3.25. The van der Waals surface area contributed by atoms with Crippen molar-refractivity contribution in [2.75, 3.05) is 44.6 Å². The van der Waals surface area contributed by atoms with Gasteiger partial charge in [-0.1, -0.05) is 0 Å². The van der Waals surface area contributed by atoms with Crippen LogP contribution in [0.3, 0.4) is 0 Å². The molecule has 1 amide bonds. The highest BCUT2D eigenvalue weighted by Crippen LogP contribution is 2.32. The van der Waals surface area contributed by atoms with Crippen molar-refractivity contribution in [1.29, 1.82) is 0 Å². The fourth-order valence-corrected chi connectivity index (χ4v) is 5.60. The minimum absolute atomic E-state index is 0.0122. The van der Waals surface area contributed by atoms with E-state index in [1.54, 1.807) is 12.1 Å². The monoisotopic (exact) mass is 447 g/mol. The molecule has 1 aromatic heterocycles. The van der Waals surface area contributed by atoms with Crippen molar-refractivity contribution in [3.8, 4) is 0 Å². The van der Waals surface area contributed by atoms with Gasteiger partial charge in [-0.15, -0.1) is 11.3 Å². The van der Waals surface area contributed by atoms with E-state index in [4.69, 9.17) is 0 Å². The van der Waals surface area contributed by atoms with Crippen LogP contribution < -0.4 is 4.31 Å². The standard InChI is InChI=1S/C21H22FN3O3S2/c1-23-9-11-25(12-10-23)21(26)20-14-15-13-17(5-8-19(15)29-20)24(2)30(27,28)18-6-3-16(22)4-7-18/h3-8,13-14H,9-12H2,1-2H3. The molecule has 0 unspecified atom stereocenters. The van der Waals surface area contributed by atoms with E-state index in [2.05, 4.69) is 4.90 Å². The molecular weight excluding hydrogens is 425 g/mol. The Bertz CT molecular complexity index is 1180. The Kier molecular flexibility index (Phi) is 5.52. The number of piperazine rings is 1. The number of hydrogen-bond donors (Lipinski definition) is 0. The number of nitrogens with zero attached hydrogens (tertiary/aromatic N) is 3. The van der Waals surface area contributed by atoms with Crippen molar-refractivity contribution in [3.05, 3.63) is 59.2 Å². The molecule has 30 heavy (non-hydrogen) atoms. The van der Waals surface area contributed by atoms with E-state index in [0.717, 1.165) is 35.3 Å². The molecule has 0 bridgehead atoms. The lowest BCUT2D eigenvalue weighted by Gasteiger charge is -2.32. The third-order valence-corrected chi connectivity index (χ3v) is 8.24. The Labute approximate surface area is 179 Å². The summed E-state index contributed by atoms with van der Waals surface area (Å²) in [6.07, 6.45) is 0. The highest BCUT2D eigenvalue weighted by Gasteiger charge is 2.24. The number of carbonyl (C=O) groups excluding carboxylic acids is 1. The van der Waals surface area contributed by atoms with Crippen LogP contribution in [0.15, 0.2) is 53.4 Å². The molecule has 2 aromatic carbocycles. The summed E-state index contributed by atoms with van der Waals surface area (Å²) in [4.78, 5) is 17.6. The molecule has 3 aromatic rings. The summed E-state index contributed by atoms with van der Waals surface area (Å²) < 4.78 is 41.0. The predicted molar refractivity (Wildman–Crippen MR) is 117 cm³/mol. The van der Waals surface area contributed by atoms with Crippen LogP contribution in [-0.2, 0) is 10.0 Å². The summed E-state index contributed by atoms with van der Waals surface area (Å²) in [5.41, 5.74) is 0.475. The van der Waals surface area contributed by atoms with Crippen molar-refractivity contribution in [3.63, 3.8) is 0 Å². The van der Waals surface area contributed by atoms with Gasteiger partial charge in [-0.2, -0.15) is 0 Å². The number of fused-ring (bicyclic) bond motifs is 1. The molecule has 2 heterocycles. The molecule has 0 atom stereocenters. The number of hydrogen-bond acceptors (Lipinski definition) is 5. The number of likely N-dealkylation sites (N-methyl/N-ethyl adjacent to an activating group) is 1. The van der Waals surface area contributed by atoms with E-state index in [9.17, 15) is 17.6 Å². The SMILES string of the molecule is CN1CCN(C(=O)c2cc3cc(N(C)S(=O)(=O)c4ccc(F)cc4)ccc3s2)CC1. The molecule has 1 aliphatic rings. The van der Waals surface area contributed by atoms with Gasteiger partial charge in [-0.25, -0.2) is 12.8 Å². The lowest BCUT2D eigenvalue weighted by molar-refractivity contribution is 0.0669. The van der Waals surface area contributed by atoms with Crippen LogP contribution >= 0.6 is 11.3 Å². The summed E-state index contributed by atoms with van der Waals surface area (Å²) >= 11 is 1.41. The Morgan fingerprint density at radius 3 is 2.37 bits per heavy atom. The van der Waals surface area contributed by atoms with Gasteiger partial charge in [0.2, 0.25) is 0 Å². The average molecular weight is 448 g/mol. The molecule has 0 aliphatic carbocycles. The van der Waals surface area contributed by atoms with Crippen LogP contribution in [0, 0.1) is 5.82 Å². The molecule has 158 valence electrons. The first-order chi connectivity index (χ1) is 14.3. The smallest absolute Gasteiger partial charge is 0.264 e. The van der Waals surface area contributed by atoms with Crippen molar-refractivity contribution in [1.82, 2.24) is 9.80 Å². The first-order valence-electron chi connectivity index (χ1n) is 9.51. The van der Waals surface area contributed by atoms with Crippen molar-refractivity contribution < 1.29 is 17.6 Å². The molecule has 1 aliphatic heterocycles. The number of anilines is 1. The Hall–Kier alpha value is -2.49. The number of halogens is 1. The maximum absolute atomic E-state index is 13.2. The first-order valence-corrected chi connectivity index (χ1v) is 11.8. The largest absolute Gasteiger partial charge is 0.335 e. The van der Waals surface area contributed by atoms with Gasteiger partial charge in [0, 0.05) is 37.9 Å². The van der Waals surface area contributed by atoms with Crippen molar-refractivity contribution in [2.45, 2.75) is 4.90 Å². The van der Waals surface area contributed by atoms with Crippen LogP contribution in [0.5, 0.6) is 0 Å². The molecule has 6 nitrogen and oxygen atoms in total. The molecule has 0 radical (unpaired) electrons. The number of amides is 1.